The molecular weight excluding hydrogens is 519 g/mol. The van der Waals surface area contributed by atoms with Crippen molar-refractivity contribution >= 4 is 25.5 Å². The lowest BCUT2D eigenvalue weighted by Crippen LogP contribution is -2.53. The maximum atomic E-state index is 13.3. The minimum absolute atomic E-state index is 0.0780. The lowest BCUT2D eigenvalue weighted by molar-refractivity contribution is -0.153. The standard InChI is InChI=1S/C23H27F4N4O5P/c1-12-5-17(19-30-31-20(35-19)28-13-8-22(9-13,10-24)36-37(32)33)29-18-15(12)6-14(34-11-23(25,26)27)7-16(18)21(2,3)4/h5-7,13,32-33H,8-11H2,1-4H3,(H,28,31)/t13-,22+. The first-order valence-electron chi connectivity index (χ1n) is 11.4. The van der Waals surface area contributed by atoms with E-state index in [2.05, 4.69) is 15.5 Å². The second-order valence-electron chi connectivity index (χ2n) is 10.2. The summed E-state index contributed by atoms with van der Waals surface area (Å²) >= 11 is 0. The van der Waals surface area contributed by atoms with E-state index >= 15 is 0 Å². The van der Waals surface area contributed by atoms with Gasteiger partial charge in [0.15, 0.2) is 6.61 Å². The summed E-state index contributed by atoms with van der Waals surface area (Å²) in [6.45, 7) is 5.30. The van der Waals surface area contributed by atoms with E-state index in [9.17, 15) is 17.6 Å². The van der Waals surface area contributed by atoms with Gasteiger partial charge in [-0.05, 0) is 54.5 Å². The molecule has 4 rings (SSSR count). The highest BCUT2D eigenvalue weighted by Crippen LogP contribution is 2.46. The maximum Gasteiger partial charge on any atom is 0.422 e. The Balaban J connectivity index is 1.60. The molecule has 0 unspecified atom stereocenters. The van der Waals surface area contributed by atoms with Crippen molar-refractivity contribution in [2.75, 3.05) is 18.6 Å². The summed E-state index contributed by atoms with van der Waals surface area (Å²) in [6, 6.07) is 4.59. The van der Waals surface area contributed by atoms with Gasteiger partial charge >= 0.3 is 20.8 Å². The van der Waals surface area contributed by atoms with E-state index in [1.165, 1.54) is 6.07 Å². The fourth-order valence-electron chi connectivity index (χ4n) is 4.28. The summed E-state index contributed by atoms with van der Waals surface area (Å²) in [5.74, 6) is 0.215. The molecule has 2 aromatic heterocycles. The number of aryl methyl sites for hydroxylation is 1. The molecule has 0 atom stereocenters. The number of nitrogens with one attached hydrogen (secondary N) is 1. The smallest absolute Gasteiger partial charge is 0.422 e. The Morgan fingerprint density at radius 3 is 2.46 bits per heavy atom. The number of rotatable bonds is 8. The molecule has 9 nitrogen and oxygen atoms in total. The Kier molecular flexibility index (Phi) is 7.37. The number of anilines is 1. The lowest BCUT2D eigenvalue weighted by atomic mass is 9.77. The van der Waals surface area contributed by atoms with Crippen molar-refractivity contribution in [1.29, 1.82) is 0 Å². The normalized spacial score (nSPS) is 20.4. The Morgan fingerprint density at radius 1 is 1.16 bits per heavy atom. The second kappa shape index (κ2) is 9.94. The van der Waals surface area contributed by atoms with Crippen LogP contribution in [0.4, 0.5) is 23.6 Å². The predicted molar refractivity (Wildman–Crippen MR) is 128 cm³/mol. The van der Waals surface area contributed by atoms with Gasteiger partial charge in [-0.2, -0.15) is 13.2 Å². The monoisotopic (exact) mass is 546 g/mol. The number of hydrogen-bond donors (Lipinski definition) is 3. The van der Waals surface area contributed by atoms with Crippen LogP contribution in [0.2, 0.25) is 0 Å². The molecule has 0 radical (unpaired) electrons. The molecular formula is C23H27F4N4O5P. The van der Waals surface area contributed by atoms with Crippen LogP contribution in [0.15, 0.2) is 22.6 Å². The molecule has 2 heterocycles. The molecule has 0 bridgehead atoms. The molecule has 1 aliphatic rings. The van der Waals surface area contributed by atoms with Gasteiger partial charge in [0.2, 0.25) is 0 Å². The number of alkyl halides is 4. The van der Waals surface area contributed by atoms with E-state index in [-0.39, 0.29) is 36.5 Å². The first-order chi connectivity index (χ1) is 17.2. The number of nitrogens with zero attached hydrogens (tertiary/aromatic N) is 3. The van der Waals surface area contributed by atoms with Gasteiger partial charge in [-0.1, -0.05) is 25.9 Å². The van der Waals surface area contributed by atoms with Crippen LogP contribution in [0, 0.1) is 6.92 Å². The largest absolute Gasteiger partial charge is 0.484 e. The molecule has 0 aliphatic heterocycles. The highest BCUT2D eigenvalue weighted by Gasteiger charge is 2.48. The van der Waals surface area contributed by atoms with Crippen LogP contribution >= 0.6 is 8.60 Å². The SMILES string of the molecule is Cc1cc(-c2nnc(N[C@H]3C[C@@](CF)(OP(O)O)C3)o2)nc2c(C(C)(C)C)cc(OCC(F)(F)F)cc12. The molecule has 202 valence electrons. The molecule has 3 aromatic rings. The topological polar surface area (TPSA) is 123 Å². The molecule has 1 saturated carbocycles. The van der Waals surface area contributed by atoms with Gasteiger partial charge in [0.1, 0.15) is 23.7 Å². The molecule has 0 amide bonds. The molecule has 3 N–H and O–H groups in total. The zero-order chi connectivity index (χ0) is 27.2. The Bertz CT molecular complexity index is 1270. The molecule has 0 saturated heterocycles. The number of pyridine rings is 1. The van der Waals surface area contributed by atoms with Gasteiger partial charge in [-0.15, -0.1) is 5.10 Å². The van der Waals surface area contributed by atoms with Crippen molar-refractivity contribution in [3.63, 3.8) is 0 Å². The number of benzene rings is 1. The summed E-state index contributed by atoms with van der Waals surface area (Å²) in [4.78, 5) is 22.8. The highest BCUT2D eigenvalue weighted by atomic mass is 31.2. The van der Waals surface area contributed by atoms with Crippen LogP contribution in [0.5, 0.6) is 5.75 Å². The van der Waals surface area contributed by atoms with Gasteiger partial charge < -0.3 is 28.8 Å². The number of fused-ring (bicyclic) bond motifs is 1. The highest BCUT2D eigenvalue weighted by molar-refractivity contribution is 7.39. The van der Waals surface area contributed by atoms with Crippen LogP contribution in [0.1, 0.15) is 44.7 Å². The fourth-order valence-corrected chi connectivity index (χ4v) is 4.82. The zero-order valence-electron chi connectivity index (χ0n) is 20.6. The predicted octanol–water partition coefficient (Wildman–Crippen LogP) is 5.34. The van der Waals surface area contributed by atoms with Crippen molar-refractivity contribution in [3.8, 4) is 17.3 Å². The van der Waals surface area contributed by atoms with E-state index in [0.29, 0.717) is 22.2 Å². The molecule has 1 aromatic carbocycles. The summed E-state index contributed by atoms with van der Waals surface area (Å²) in [7, 11) is -2.68. The average Bonchev–Trinajstić information content (AvgIpc) is 3.23. The van der Waals surface area contributed by atoms with Crippen LogP contribution in [-0.2, 0) is 9.94 Å². The maximum absolute atomic E-state index is 13.3. The minimum Gasteiger partial charge on any atom is -0.484 e. The number of halogens is 4. The Morgan fingerprint density at radius 2 is 1.86 bits per heavy atom. The summed E-state index contributed by atoms with van der Waals surface area (Å²) in [5, 5.41) is 11.6. The van der Waals surface area contributed by atoms with Crippen LogP contribution in [-0.4, -0.2) is 56.1 Å². The second-order valence-corrected chi connectivity index (χ2v) is 10.9. The fraction of sp³-hybridized carbons (Fsp3) is 0.522. The van der Waals surface area contributed by atoms with Crippen molar-refractivity contribution in [1.82, 2.24) is 15.2 Å². The van der Waals surface area contributed by atoms with E-state index in [0.717, 1.165) is 5.56 Å². The molecule has 0 spiro atoms. The summed E-state index contributed by atoms with van der Waals surface area (Å²) in [6.07, 6.45) is -4.09. The molecule has 1 fully saturated rings. The van der Waals surface area contributed by atoms with E-state index in [1.54, 1.807) is 19.1 Å². The number of ether oxygens (including phenoxy) is 1. The van der Waals surface area contributed by atoms with Gasteiger partial charge in [0.25, 0.3) is 5.89 Å². The molecule has 14 heteroatoms. The van der Waals surface area contributed by atoms with Crippen LogP contribution in [0.3, 0.4) is 0 Å². The van der Waals surface area contributed by atoms with Crippen molar-refractivity contribution in [3.05, 3.63) is 29.3 Å². The van der Waals surface area contributed by atoms with Gasteiger partial charge in [0.05, 0.1) is 5.52 Å². The third kappa shape index (κ3) is 6.28. The lowest BCUT2D eigenvalue weighted by Gasteiger charge is -2.44. The third-order valence-corrected chi connectivity index (χ3v) is 6.58. The van der Waals surface area contributed by atoms with Crippen molar-refractivity contribution < 1.29 is 41.0 Å². The van der Waals surface area contributed by atoms with E-state index in [4.69, 9.17) is 28.4 Å². The van der Waals surface area contributed by atoms with Crippen LogP contribution in [0.25, 0.3) is 22.5 Å². The minimum atomic E-state index is -4.46. The molecule has 1 aliphatic carbocycles. The Hall–Kier alpha value is -2.60. The summed E-state index contributed by atoms with van der Waals surface area (Å²) < 4.78 is 67.1. The first kappa shape index (κ1) is 27.4. The zero-order valence-corrected chi connectivity index (χ0v) is 21.5. The molecule has 37 heavy (non-hydrogen) atoms. The first-order valence-corrected chi connectivity index (χ1v) is 12.5. The van der Waals surface area contributed by atoms with Gasteiger partial charge in [0, 0.05) is 11.4 Å². The van der Waals surface area contributed by atoms with E-state index in [1.807, 2.05) is 20.8 Å². The number of hydrogen-bond acceptors (Lipinski definition) is 9. The Labute approximate surface area is 211 Å². The summed E-state index contributed by atoms with van der Waals surface area (Å²) in [5.41, 5.74) is 0.649. The van der Waals surface area contributed by atoms with Crippen molar-refractivity contribution in [2.45, 2.75) is 63.8 Å². The van der Waals surface area contributed by atoms with Crippen LogP contribution < -0.4 is 10.1 Å². The third-order valence-electron chi connectivity index (χ3n) is 6.03. The average molecular weight is 546 g/mol. The van der Waals surface area contributed by atoms with E-state index < -0.39 is 39.1 Å². The van der Waals surface area contributed by atoms with Gasteiger partial charge in [-0.3, -0.25) is 0 Å². The number of aromatic nitrogens is 3. The van der Waals surface area contributed by atoms with Crippen molar-refractivity contribution in [2.24, 2.45) is 0 Å². The van der Waals surface area contributed by atoms with Gasteiger partial charge in [-0.25, -0.2) is 9.37 Å². The quantitative estimate of drug-likeness (QED) is 0.254.